The van der Waals surface area contributed by atoms with Crippen molar-refractivity contribution in [2.75, 3.05) is 11.8 Å². The summed E-state index contributed by atoms with van der Waals surface area (Å²) in [6, 6.07) is 4.31. The second-order valence-corrected chi connectivity index (χ2v) is 6.79. The molecule has 1 heterocycles. The quantitative estimate of drug-likeness (QED) is 0.859. The molecule has 0 unspecified atom stereocenters. The molecule has 8 nitrogen and oxygen atoms in total. The summed E-state index contributed by atoms with van der Waals surface area (Å²) in [5.74, 6) is 0.197. The molecule has 0 aliphatic rings. The van der Waals surface area contributed by atoms with Gasteiger partial charge >= 0.3 is 5.69 Å². The topological polar surface area (TPSA) is 99.4 Å². The highest BCUT2D eigenvalue weighted by atomic mass is 35.5. The molecule has 0 spiro atoms. The van der Waals surface area contributed by atoms with Crippen molar-refractivity contribution in [3.05, 3.63) is 50.3 Å². The molecule has 0 saturated carbocycles. The summed E-state index contributed by atoms with van der Waals surface area (Å²) < 4.78 is 34.0. The SMILES string of the molecule is COc1cc(Cl)ccc1NS(=O)(=O)c1cn(C)c(=O)n(C)c1=O. The molecule has 0 aliphatic heterocycles. The van der Waals surface area contributed by atoms with Crippen LogP contribution >= 0.6 is 11.6 Å². The number of rotatable bonds is 4. The monoisotopic (exact) mass is 359 g/mol. The normalized spacial score (nSPS) is 11.3. The van der Waals surface area contributed by atoms with Crippen molar-refractivity contribution in [1.29, 1.82) is 0 Å². The Hall–Kier alpha value is -2.26. The van der Waals surface area contributed by atoms with Gasteiger partial charge in [0.05, 0.1) is 12.8 Å². The van der Waals surface area contributed by atoms with Gasteiger partial charge in [-0.25, -0.2) is 13.2 Å². The van der Waals surface area contributed by atoms with Crippen LogP contribution < -0.4 is 20.7 Å². The number of sulfonamides is 1. The van der Waals surface area contributed by atoms with Crippen LogP contribution in [-0.4, -0.2) is 24.7 Å². The lowest BCUT2D eigenvalue weighted by Crippen LogP contribution is -2.40. The number of methoxy groups -OCH3 is 1. The van der Waals surface area contributed by atoms with Gasteiger partial charge in [0.25, 0.3) is 15.6 Å². The Bertz CT molecular complexity index is 978. The largest absolute Gasteiger partial charge is 0.495 e. The lowest BCUT2D eigenvalue weighted by Gasteiger charge is -2.13. The third-order valence-electron chi connectivity index (χ3n) is 3.11. The first-order valence-corrected chi connectivity index (χ1v) is 8.16. The van der Waals surface area contributed by atoms with E-state index in [-0.39, 0.29) is 11.4 Å². The van der Waals surface area contributed by atoms with Crippen molar-refractivity contribution in [1.82, 2.24) is 9.13 Å². The van der Waals surface area contributed by atoms with E-state index in [2.05, 4.69) is 4.72 Å². The smallest absolute Gasteiger partial charge is 0.330 e. The van der Waals surface area contributed by atoms with Crippen LogP contribution in [0.4, 0.5) is 5.69 Å². The predicted octanol–water partition coefficient (Wildman–Crippen LogP) is 0.547. The van der Waals surface area contributed by atoms with Crippen LogP contribution in [0.1, 0.15) is 0 Å². The third-order valence-corrected chi connectivity index (χ3v) is 4.70. The molecule has 1 aromatic carbocycles. The van der Waals surface area contributed by atoms with E-state index in [1.807, 2.05) is 0 Å². The van der Waals surface area contributed by atoms with Gasteiger partial charge in [-0.05, 0) is 12.1 Å². The second kappa shape index (κ2) is 6.09. The highest BCUT2D eigenvalue weighted by Gasteiger charge is 2.22. The van der Waals surface area contributed by atoms with Gasteiger partial charge in [-0.2, -0.15) is 0 Å². The fourth-order valence-electron chi connectivity index (χ4n) is 1.91. The molecule has 1 N–H and O–H groups in total. The van der Waals surface area contributed by atoms with E-state index in [1.165, 1.54) is 39.4 Å². The molecular formula is C13H14ClN3O5S. The van der Waals surface area contributed by atoms with Gasteiger partial charge in [0.2, 0.25) is 0 Å². The first kappa shape index (κ1) is 17.1. The first-order valence-electron chi connectivity index (χ1n) is 6.30. The van der Waals surface area contributed by atoms with Crippen LogP contribution in [0.15, 0.2) is 38.9 Å². The zero-order chi connectivity index (χ0) is 17.4. The summed E-state index contributed by atoms with van der Waals surface area (Å²) >= 11 is 5.82. The zero-order valence-corrected chi connectivity index (χ0v) is 14.1. The number of halogens is 1. The van der Waals surface area contributed by atoms with Crippen LogP contribution in [0.3, 0.4) is 0 Å². The van der Waals surface area contributed by atoms with Crippen molar-refractivity contribution in [3.8, 4) is 5.75 Å². The number of ether oxygens (including phenoxy) is 1. The Morgan fingerprint density at radius 2 is 1.87 bits per heavy atom. The second-order valence-electron chi connectivity index (χ2n) is 4.70. The number of benzene rings is 1. The Kier molecular flexibility index (Phi) is 4.53. The van der Waals surface area contributed by atoms with Crippen molar-refractivity contribution < 1.29 is 13.2 Å². The van der Waals surface area contributed by atoms with E-state index in [0.29, 0.717) is 9.59 Å². The van der Waals surface area contributed by atoms with Crippen molar-refractivity contribution in [2.24, 2.45) is 14.1 Å². The number of aromatic nitrogens is 2. The van der Waals surface area contributed by atoms with E-state index in [4.69, 9.17) is 16.3 Å². The minimum Gasteiger partial charge on any atom is -0.495 e. The molecule has 2 aromatic rings. The van der Waals surface area contributed by atoms with Crippen LogP contribution in [-0.2, 0) is 24.1 Å². The van der Waals surface area contributed by atoms with Gasteiger partial charge in [-0.3, -0.25) is 14.1 Å². The third kappa shape index (κ3) is 3.25. The molecule has 2 rings (SSSR count). The maximum absolute atomic E-state index is 12.5. The number of nitrogens with one attached hydrogen (secondary N) is 1. The lowest BCUT2D eigenvalue weighted by atomic mass is 10.3. The van der Waals surface area contributed by atoms with E-state index in [0.717, 1.165) is 10.8 Å². The van der Waals surface area contributed by atoms with E-state index >= 15 is 0 Å². The van der Waals surface area contributed by atoms with Crippen molar-refractivity contribution in [2.45, 2.75) is 4.90 Å². The number of hydrogen-bond donors (Lipinski definition) is 1. The number of anilines is 1. The van der Waals surface area contributed by atoms with Crippen LogP contribution in [0.5, 0.6) is 5.75 Å². The molecule has 0 fully saturated rings. The molecule has 0 saturated heterocycles. The maximum atomic E-state index is 12.5. The lowest BCUT2D eigenvalue weighted by molar-refractivity contribution is 0.417. The van der Waals surface area contributed by atoms with Crippen molar-refractivity contribution >= 4 is 27.3 Å². The number of nitrogens with zero attached hydrogens (tertiary/aromatic N) is 2. The summed E-state index contributed by atoms with van der Waals surface area (Å²) in [7, 11) is -0.310. The number of hydrogen-bond acceptors (Lipinski definition) is 5. The predicted molar refractivity (Wildman–Crippen MR) is 85.7 cm³/mol. The molecule has 23 heavy (non-hydrogen) atoms. The maximum Gasteiger partial charge on any atom is 0.330 e. The highest BCUT2D eigenvalue weighted by Crippen LogP contribution is 2.29. The van der Waals surface area contributed by atoms with Gasteiger partial charge in [-0.15, -0.1) is 0 Å². The summed E-state index contributed by atoms with van der Waals surface area (Å²) in [6.07, 6.45) is 0.968. The van der Waals surface area contributed by atoms with Gasteiger partial charge in [-0.1, -0.05) is 11.6 Å². The summed E-state index contributed by atoms with van der Waals surface area (Å²) in [5, 5.41) is 0.364. The first-order chi connectivity index (χ1) is 10.7. The van der Waals surface area contributed by atoms with E-state index in [9.17, 15) is 18.0 Å². The zero-order valence-electron chi connectivity index (χ0n) is 12.5. The number of aryl methyl sites for hydroxylation is 1. The van der Waals surface area contributed by atoms with Gasteiger partial charge in [0.1, 0.15) is 5.75 Å². The Labute approximate surface area is 136 Å². The molecule has 0 amide bonds. The molecular weight excluding hydrogens is 346 g/mol. The Morgan fingerprint density at radius 3 is 2.48 bits per heavy atom. The van der Waals surface area contributed by atoms with E-state index in [1.54, 1.807) is 0 Å². The van der Waals surface area contributed by atoms with Crippen LogP contribution in [0.2, 0.25) is 5.02 Å². The fraction of sp³-hybridized carbons (Fsp3) is 0.231. The van der Waals surface area contributed by atoms with E-state index < -0.39 is 26.2 Å². The Balaban J connectivity index is 2.57. The molecule has 1 aromatic heterocycles. The molecule has 124 valence electrons. The molecule has 0 radical (unpaired) electrons. The summed E-state index contributed by atoms with van der Waals surface area (Å²) in [4.78, 5) is 23.1. The summed E-state index contributed by atoms with van der Waals surface area (Å²) in [5.41, 5.74) is -1.43. The Morgan fingerprint density at radius 1 is 1.22 bits per heavy atom. The standard InChI is InChI=1S/C13H14ClN3O5S/c1-16-7-11(12(18)17(2)13(16)19)23(20,21)15-9-5-4-8(14)6-10(9)22-3/h4-7,15H,1-3H3. The molecule has 10 heteroatoms. The molecule has 0 atom stereocenters. The minimum absolute atomic E-state index is 0.118. The van der Waals surface area contributed by atoms with Crippen molar-refractivity contribution in [3.63, 3.8) is 0 Å². The molecule has 0 bridgehead atoms. The van der Waals surface area contributed by atoms with Gasteiger partial charge in [0, 0.05) is 31.4 Å². The highest BCUT2D eigenvalue weighted by molar-refractivity contribution is 7.92. The van der Waals surface area contributed by atoms with Crippen LogP contribution in [0.25, 0.3) is 0 Å². The minimum atomic E-state index is -4.22. The molecule has 0 aliphatic carbocycles. The fourth-order valence-corrected chi connectivity index (χ4v) is 3.30. The van der Waals surface area contributed by atoms with Gasteiger partial charge < -0.3 is 9.30 Å². The average molecular weight is 360 g/mol. The summed E-state index contributed by atoms with van der Waals surface area (Å²) in [6.45, 7) is 0. The van der Waals surface area contributed by atoms with Gasteiger partial charge in [0.15, 0.2) is 4.90 Å². The average Bonchev–Trinajstić information content (AvgIpc) is 2.50. The van der Waals surface area contributed by atoms with Crippen LogP contribution in [0, 0.1) is 0 Å².